The van der Waals surface area contributed by atoms with Gasteiger partial charge in [-0.05, 0) is 13.8 Å². The molecule has 3 heterocycles. The Morgan fingerprint density at radius 2 is 1.64 bits per heavy atom. The lowest BCUT2D eigenvalue weighted by molar-refractivity contribution is 0.224. The van der Waals surface area contributed by atoms with E-state index in [1.807, 2.05) is 0 Å². The van der Waals surface area contributed by atoms with Crippen molar-refractivity contribution in [2.75, 3.05) is 39.3 Å². The van der Waals surface area contributed by atoms with E-state index in [0.717, 1.165) is 13.1 Å². The molecule has 0 spiro atoms. The SMILES string of the molecule is CC(C)N1CCN2CCNP1NCC2. The average Bonchev–Trinajstić information content (AvgIpc) is 1.98. The van der Waals surface area contributed by atoms with Crippen molar-refractivity contribution in [2.24, 2.45) is 0 Å². The normalized spacial score (nSPS) is 35.4. The van der Waals surface area contributed by atoms with E-state index < -0.39 is 0 Å². The van der Waals surface area contributed by atoms with Crippen molar-refractivity contribution in [3.05, 3.63) is 0 Å². The zero-order valence-electron chi connectivity index (χ0n) is 9.16. The molecule has 0 saturated carbocycles. The van der Waals surface area contributed by atoms with Gasteiger partial charge < -0.3 is 0 Å². The highest BCUT2D eigenvalue weighted by Crippen LogP contribution is 2.34. The fourth-order valence-electron chi connectivity index (χ4n) is 2.03. The Balaban J connectivity index is 2.05. The van der Waals surface area contributed by atoms with Crippen LogP contribution >= 0.6 is 8.37 Å². The van der Waals surface area contributed by atoms with Crippen molar-refractivity contribution < 1.29 is 0 Å². The monoisotopic (exact) mass is 216 g/mol. The minimum Gasteiger partial charge on any atom is -0.300 e. The molecule has 3 aliphatic rings. The highest BCUT2D eigenvalue weighted by molar-refractivity contribution is 7.50. The van der Waals surface area contributed by atoms with Gasteiger partial charge in [-0.2, -0.15) is 0 Å². The van der Waals surface area contributed by atoms with Crippen LogP contribution in [0.25, 0.3) is 0 Å². The van der Waals surface area contributed by atoms with Crippen molar-refractivity contribution in [1.29, 1.82) is 0 Å². The van der Waals surface area contributed by atoms with Gasteiger partial charge in [0.2, 0.25) is 0 Å². The van der Waals surface area contributed by atoms with Crippen molar-refractivity contribution in [2.45, 2.75) is 19.9 Å². The van der Waals surface area contributed by atoms with Gasteiger partial charge in [0, 0.05) is 45.3 Å². The van der Waals surface area contributed by atoms with Gasteiger partial charge in [0.25, 0.3) is 0 Å². The van der Waals surface area contributed by atoms with Gasteiger partial charge in [0.15, 0.2) is 0 Å². The first-order valence-corrected chi connectivity index (χ1v) is 6.83. The number of hydrogen-bond acceptors (Lipinski definition) is 4. The van der Waals surface area contributed by atoms with Gasteiger partial charge >= 0.3 is 0 Å². The highest BCUT2D eigenvalue weighted by Gasteiger charge is 2.26. The molecule has 2 bridgehead atoms. The van der Waals surface area contributed by atoms with Crippen LogP contribution in [-0.2, 0) is 0 Å². The van der Waals surface area contributed by atoms with E-state index in [-0.39, 0.29) is 8.37 Å². The molecular formula is C9H21N4P. The summed E-state index contributed by atoms with van der Waals surface area (Å²) in [6.07, 6.45) is 0. The first kappa shape index (κ1) is 10.8. The zero-order valence-corrected chi connectivity index (χ0v) is 10.1. The summed E-state index contributed by atoms with van der Waals surface area (Å²) in [6.45, 7) is 11.7. The van der Waals surface area contributed by atoms with E-state index in [0.29, 0.717) is 6.04 Å². The number of rotatable bonds is 1. The minimum atomic E-state index is -0.274. The number of nitrogens with one attached hydrogen (secondary N) is 2. The summed E-state index contributed by atoms with van der Waals surface area (Å²) in [4.78, 5) is 2.54. The number of nitrogens with zero attached hydrogens (tertiary/aromatic N) is 2. The number of fused-ring (bicyclic) bond motifs is 6. The third kappa shape index (κ3) is 2.44. The highest BCUT2D eigenvalue weighted by atomic mass is 31.1. The summed E-state index contributed by atoms with van der Waals surface area (Å²) in [7, 11) is -0.274. The second-order valence-electron chi connectivity index (χ2n) is 4.23. The molecular weight excluding hydrogens is 195 g/mol. The molecule has 3 aliphatic heterocycles. The van der Waals surface area contributed by atoms with Crippen LogP contribution in [0, 0.1) is 0 Å². The molecule has 82 valence electrons. The van der Waals surface area contributed by atoms with E-state index in [1.54, 1.807) is 0 Å². The van der Waals surface area contributed by atoms with Gasteiger partial charge in [0.1, 0.15) is 8.37 Å². The Morgan fingerprint density at radius 3 is 2.21 bits per heavy atom. The maximum absolute atomic E-state index is 3.62. The molecule has 4 nitrogen and oxygen atoms in total. The minimum absolute atomic E-state index is 0.274. The molecule has 0 amide bonds. The van der Waals surface area contributed by atoms with Crippen LogP contribution in [-0.4, -0.2) is 54.9 Å². The molecule has 3 fully saturated rings. The molecule has 3 saturated heterocycles. The summed E-state index contributed by atoms with van der Waals surface area (Å²) < 4.78 is 2.57. The van der Waals surface area contributed by atoms with E-state index in [9.17, 15) is 0 Å². The Bertz CT molecular complexity index is 178. The van der Waals surface area contributed by atoms with E-state index in [1.165, 1.54) is 26.2 Å². The lowest BCUT2D eigenvalue weighted by Gasteiger charge is -2.42. The summed E-state index contributed by atoms with van der Waals surface area (Å²) >= 11 is 0. The Hall–Kier alpha value is 0.270. The standard InChI is InChI=1S/C9H21N4P/c1-9(2)13-8-7-12-5-3-10-14(13)11-4-6-12/h9-11H,3-8H2,1-2H3. The van der Waals surface area contributed by atoms with Crippen LogP contribution in [0.3, 0.4) is 0 Å². The third-order valence-corrected chi connectivity index (χ3v) is 5.10. The molecule has 0 aromatic rings. The van der Waals surface area contributed by atoms with Crippen LogP contribution in [0.4, 0.5) is 0 Å². The van der Waals surface area contributed by atoms with E-state index in [4.69, 9.17) is 0 Å². The van der Waals surface area contributed by atoms with Gasteiger partial charge in [0.05, 0.1) is 0 Å². The van der Waals surface area contributed by atoms with Gasteiger partial charge in [-0.1, -0.05) is 0 Å². The smallest absolute Gasteiger partial charge is 0.114 e. The first-order valence-electron chi connectivity index (χ1n) is 5.53. The third-order valence-electron chi connectivity index (χ3n) is 2.88. The summed E-state index contributed by atoms with van der Waals surface area (Å²) in [5, 5.41) is 7.24. The summed E-state index contributed by atoms with van der Waals surface area (Å²) in [5.41, 5.74) is 0. The summed E-state index contributed by atoms with van der Waals surface area (Å²) in [5.74, 6) is 0. The van der Waals surface area contributed by atoms with E-state index in [2.05, 4.69) is 33.6 Å². The summed E-state index contributed by atoms with van der Waals surface area (Å²) in [6, 6.07) is 0.638. The zero-order chi connectivity index (χ0) is 9.97. The number of hydrogen-bond donors (Lipinski definition) is 2. The molecule has 2 N–H and O–H groups in total. The largest absolute Gasteiger partial charge is 0.300 e. The van der Waals surface area contributed by atoms with Crippen LogP contribution in [0.15, 0.2) is 0 Å². The van der Waals surface area contributed by atoms with Crippen LogP contribution in [0.5, 0.6) is 0 Å². The molecule has 5 heteroatoms. The van der Waals surface area contributed by atoms with Crippen LogP contribution < -0.4 is 10.2 Å². The van der Waals surface area contributed by atoms with Crippen molar-refractivity contribution >= 4 is 8.37 Å². The van der Waals surface area contributed by atoms with Crippen molar-refractivity contribution in [1.82, 2.24) is 19.7 Å². The molecule has 0 aliphatic carbocycles. The molecule has 0 aromatic carbocycles. The Morgan fingerprint density at radius 1 is 1.00 bits per heavy atom. The molecule has 0 atom stereocenters. The van der Waals surface area contributed by atoms with Gasteiger partial charge in [-0.3, -0.25) is 19.7 Å². The Labute approximate surface area is 87.9 Å². The molecule has 0 aromatic heterocycles. The Kier molecular flexibility index (Phi) is 3.74. The molecule has 0 unspecified atom stereocenters. The maximum atomic E-state index is 3.62. The fourth-order valence-corrected chi connectivity index (χ4v) is 3.88. The molecule has 3 rings (SSSR count). The molecule has 14 heavy (non-hydrogen) atoms. The quantitative estimate of drug-likeness (QED) is 0.622. The lowest BCUT2D eigenvalue weighted by atomic mass is 10.3. The second kappa shape index (κ2) is 4.86. The predicted octanol–water partition coefficient (Wildman–Crippen LogP) is 0.432. The van der Waals surface area contributed by atoms with E-state index >= 15 is 0 Å². The maximum Gasteiger partial charge on any atom is 0.114 e. The van der Waals surface area contributed by atoms with Crippen molar-refractivity contribution in [3.8, 4) is 0 Å². The second-order valence-corrected chi connectivity index (χ2v) is 6.00. The predicted molar refractivity (Wildman–Crippen MR) is 61.2 cm³/mol. The topological polar surface area (TPSA) is 30.5 Å². The van der Waals surface area contributed by atoms with Gasteiger partial charge in [-0.15, -0.1) is 0 Å². The van der Waals surface area contributed by atoms with Crippen LogP contribution in [0.1, 0.15) is 13.8 Å². The van der Waals surface area contributed by atoms with Crippen LogP contribution in [0.2, 0.25) is 0 Å². The average molecular weight is 216 g/mol. The lowest BCUT2D eigenvalue weighted by Crippen LogP contribution is -2.51. The van der Waals surface area contributed by atoms with Crippen molar-refractivity contribution in [3.63, 3.8) is 0 Å². The first-order chi connectivity index (χ1) is 6.77. The molecule has 0 radical (unpaired) electrons. The van der Waals surface area contributed by atoms with Gasteiger partial charge in [-0.25, -0.2) is 0 Å². The fraction of sp³-hybridized carbons (Fsp3) is 1.00.